The SMILES string of the molecule is CN(C)C(=O)c1ncc(N)cc1C(F)F. The number of hydrogen-bond donors (Lipinski definition) is 1. The van der Waals surface area contributed by atoms with E-state index < -0.39 is 17.9 Å². The van der Waals surface area contributed by atoms with Crippen LogP contribution in [0.4, 0.5) is 14.5 Å². The molecule has 15 heavy (non-hydrogen) atoms. The second-order valence-electron chi connectivity index (χ2n) is 3.21. The molecular formula is C9H11F2N3O. The molecule has 0 aliphatic heterocycles. The van der Waals surface area contributed by atoms with Gasteiger partial charge >= 0.3 is 0 Å². The Bertz CT molecular complexity index is 380. The van der Waals surface area contributed by atoms with Gasteiger partial charge in [0.25, 0.3) is 12.3 Å². The van der Waals surface area contributed by atoms with Gasteiger partial charge in [-0.05, 0) is 6.07 Å². The number of nitrogens with zero attached hydrogens (tertiary/aromatic N) is 2. The molecule has 0 aromatic carbocycles. The quantitative estimate of drug-likeness (QED) is 0.809. The minimum atomic E-state index is -2.76. The molecule has 0 bridgehead atoms. The Labute approximate surface area is 85.7 Å². The van der Waals surface area contributed by atoms with Crippen LogP contribution in [0.15, 0.2) is 12.3 Å². The summed E-state index contributed by atoms with van der Waals surface area (Å²) in [5, 5.41) is 0. The summed E-state index contributed by atoms with van der Waals surface area (Å²) in [5.41, 5.74) is 4.74. The smallest absolute Gasteiger partial charge is 0.272 e. The van der Waals surface area contributed by atoms with Gasteiger partial charge < -0.3 is 10.6 Å². The summed E-state index contributed by atoms with van der Waals surface area (Å²) in [4.78, 5) is 16.3. The number of carbonyl (C=O) groups is 1. The average molecular weight is 215 g/mol. The zero-order valence-corrected chi connectivity index (χ0v) is 8.37. The van der Waals surface area contributed by atoms with Crippen LogP contribution >= 0.6 is 0 Å². The molecule has 0 aliphatic rings. The Hall–Kier alpha value is -1.72. The first-order chi connectivity index (χ1) is 6.93. The number of aromatic nitrogens is 1. The number of halogens is 2. The van der Waals surface area contributed by atoms with Crippen molar-refractivity contribution in [3.63, 3.8) is 0 Å². The third-order valence-corrected chi connectivity index (χ3v) is 1.78. The molecule has 0 atom stereocenters. The van der Waals surface area contributed by atoms with Crippen LogP contribution in [0.1, 0.15) is 22.5 Å². The maximum Gasteiger partial charge on any atom is 0.272 e. The fourth-order valence-electron chi connectivity index (χ4n) is 1.06. The van der Waals surface area contributed by atoms with Crippen molar-refractivity contribution < 1.29 is 13.6 Å². The second kappa shape index (κ2) is 4.20. The summed E-state index contributed by atoms with van der Waals surface area (Å²) < 4.78 is 25.1. The molecule has 0 unspecified atom stereocenters. The fraction of sp³-hybridized carbons (Fsp3) is 0.333. The summed E-state index contributed by atoms with van der Waals surface area (Å²) in [6, 6.07) is 1.06. The monoisotopic (exact) mass is 215 g/mol. The maximum absolute atomic E-state index is 12.6. The molecule has 4 nitrogen and oxygen atoms in total. The van der Waals surface area contributed by atoms with E-state index in [4.69, 9.17) is 5.73 Å². The van der Waals surface area contributed by atoms with E-state index in [2.05, 4.69) is 4.98 Å². The Balaban J connectivity index is 3.23. The molecule has 0 aliphatic carbocycles. The molecule has 1 aromatic heterocycles. The number of hydrogen-bond acceptors (Lipinski definition) is 3. The maximum atomic E-state index is 12.6. The fourth-order valence-corrected chi connectivity index (χ4v) is 1.06. The van der Waals surface area contributed by atoms with Crippen LogP contribution in [0, 0.1) is 0 Å². The van der Waals surface area contributed by atoms with Crippen molar-refractivity contribution in [2.45, 2.75) is 6.43 Å². The van der Waals surface area contributed by atoms with Crippen LogP contribution in [0.25, 0.3) is 0 Å². The lowest BCUT2D eigenvalue weighted by atomic mass is 10.1. The van der Waals surface area contributed by atoms with Crippen molar-refractivity contribution in [2.75, 3.05) is 19.8 Å². The van der Waals surface area contributed by atoms with E-state index >= 15 is 0 Å². The lowest BCUT2D eigenvalue weighted by Crippen LogP contribution is -2.24. The van der Waals surface area contributed by atoms with E-state index in [9.17, 15) is 13.6 Å². The number of alkyl halides is 2. The predicted octanol–water partition coefficient (Wildman–Crippen LogP) is 1.30. The van der Waals surface area contributed by atoms with E-state index in [0.29, 0.717) is 0 Å². The lowest BCUT2D eigenvalue weighted by molar-refractivity contribution is 0.0808. The Kier molecular flexibility index (Phi) is 3.18. The van der Waals surface area contributed by atoms with E-state index in [1.165, 1.54) is 25.2 Å². The molecule has 0 spiro atoms. The van der Waals surface area contributed by atoms with Gasteiger partial charge in [-0.15, -0.1) is 0 Å². The highest BCUT2D eigenvalue weighted by Gasteiger charge is 2.21. The van der Waals surface area contributed by atoms with Gasteiger partial charge in [0.15, 0.2) is 0 Å². The molecule has 82 valence electrons. The molecule has 0 fully saturated rings. The Morgan fingerprint density at radius 2 is 2.13 bits per heavy atom. The largest absolute Gasteiger partial charge is 0.397 e. The minimum absolute atomic E-state index is 0.112. The molecule has 1 rings (SSSR count). The molecule has 1 aromatic rings. The summed E-state index contributed by atoms with van der Waals surface area (Å²) in [6.07, 6.45) is -1.58. The predicted molar refractivity (Wildman–Crippen MR) is 51.6 cm³/mol. The molecule has 1 amide bonds. The highest BCUT2D eigenvalue weighted by atomic mass is 19.3. The van der Waals surface area contributed by atoms with E-state index in [-0.39, 0.29) is 11.4 Å². The Morgan fingerprint density at radius 1 is 1.53 bits per heavy atom. The summed E-state index contributed by atoms with van der Waals surface area (Å²) in [5.74, 6) is -0.565. The highest BCUT2D eigenvalue weighted by molar-refractivity contribution is 5.93. The number of carbonyl (C=O) groups excluding carboxylic acids is 1. The lowest BCUT2D eigenvalue weighted by Gasteiger charge is -2.12. The zero-order chi connectivity index (χ0) is 11.6. The van der Waals surface area contributed by atoms with Gasteiger partial charge in [0, 0.05) is 14.1 Å². The van der Waals surface area contributed by atoms with Gasteiger partial charge in [-0.1, -0.05) is 0 Å². The molecule has 1 heterocycles. The van der Waals surface area contributed by atoms with Gasteiger partial charge in [-0.3, -0.25) is 4.79 Å². The van der Waals surface area contributed by atoms with Crippen molar-refractivity contribution in [1.82, 2.24) is 9.88 Å². The minimum Gasteiger partial charge on any atom is -0.397 e. The van der Waals surface area contributed by atoms with Crippen molar-refractivity contribution in [1.29, 1.82) is 0 Å². The third-order valence-electron chi connectivity index (χ3n) is 1.78. The molecule has 0 radical (unpaired) electrons. The first kappa shape index (κ1) is 11.4. The standard InChI is InChI=1S/C9H11F2N3O/c1-14(2)9(15)7-6(8(10)11)3-5(12)4-13-7/h3-4,8H,12H2,1-2H3. The average Bonchev–Trinajstić information content (AvgIpc) is 2.16. The topological polar surface area (TPSA) is 59.2 Å². The third kappa shape index (κ3) is 2.39. The van der Waals surface area contributed by atoms with Crippen molar-refractivity contribution in [2.24, 2.45) is 0 Å². The van der Waals surface area contributed by atoms with Crippen LogP contribution in [0.3, 0.4) is 0 Å². The summed E-state index contributed by atoms with van der Waals surface area (Å²) in [6.45, 7) is 0. The van der Waals surface area contributed by atoms with Gasteiger partial charge in [0.05, 0.1) is 17.4 Å². The molecule has 6 heteroatoms. The Morgan fingerprint density at radius 3 is 2.60 bits per heavy atom. The summed E-state index contributed by atoms with van der Waals surface area (Å²) in [7, 11) is 2.94. The zero-order valence-electron chi connectivity index (χ0n) is 8.37. The van der Waals surface area contributed by atoms with Crippen LogP contribution in [-0.4, -0.2) is 29.9 Å². The molecular weight excluding hydrogens is 204 g/mol. The first-order valence-corrected chi connectivity index (χ1v) is 4.18. The van der Waals surface area contributed by atoms with E-state index in [1.807, 2.05) is 0 Å². The van der Waals surface area contributed by atoms with Crippen molar-refractivity contribution in [3.8, 4) is 0 Å². The van der Waals surface area contributed by atoms with Crippen molar-refractivity contribution in [3.05, 3.63) is 23.5 Å². The van der Waals surface area contributed by atoms with Crippen LogP contribution in [0.5, 0.6) is 0 Å². The second-order valence-corrected chi connectivity index (χ2v) is 3.21. The number of nitrogen functional groups attached to an aromatic ring is 1. The van der Waals surface area contributed by atoms with Crippen LogP contribution < -0.4 is 5.73 Å². The normalized spacial score (nSPS) is 10.5. The van der Waals surface area contributed by atoms with Crippen molar-refractivity contribution >= 4 is 11.6 Å². The number of pyridine rings is 1. The van der Waals surface area contributed by atoms with Gasteiger partial charge in [0.1, 0.15) is 5.69 Å². The number of nitrogens with two attached hydrogens (primary N) is 1. The molecule has 2 N–H and O–H groups in total. The van der Waals surface area contributed by atoms with E-state index in [0.717, 1.165) is 6.07 Å². The van der Waals surface area contributed by atoms with Gasteiger partial charge in [0.2, 0.25) is 0 Å². The molecule has 0 saturated heterocycles. The van der Waals surface area contributed by atoms with Crippen LogP contribution in [-0.2, 0) is 0 Å². The number of amides is 1. The number of rotatable bonds is 2. The first-order valence-electron chi connectivity index (χ1n) is 4.18. The van der Waals surface area contributed by atoms with E-state index in [1.54, 1.807) is 0 Å². The summed E-state index contributed by atoms with van der Waals surface area (Å²) >= 11 is 0. The van der Waals surface area contributed by atoms with Crippen LogP contribution in [0.2, 0.25) is 0 Å². The molecule has 0 saturated carbocycles. The van der Waals surface area contributed by atoms with Gasteiger partial charge in [-0.2, -0.15) is 0 Å². The number of anilines is 1. The van der Waals surface area contributed by atoms with Gasteiger partial charge in [-0.25, -0.2) is 13.8 Å². The highest BCUT2D eigenvalue weighted by Crippen LogP contribution is 2.23.